The molecule has 0 amide bonds. The zero-order chi connectivity index (χ0) is 19.7. The summed E-state index contributed by atoms with van der Waals surface area (Å²) in [7, 11) is 0. The van der Waals surface area contributed by atoms with Crippen LogP contribution in [0.5, 0.6) is 0 Å². The molecule has 0 aliphatic rings. The highest BCUT2D eigenvalue weighted by Crippen LogP contribution is 1.96. The van der Waals surface area contributed by atoms with Gasteiger partial charge in [0.25, 0.3) is 0 Å². The van der Waals surface area contributed by atoms with Gasteiger partial charge in [-0.05, 0) is 12.5 Å². The maximum absolute atomic E-state index is 9.87. The van der Waals surface area contributed by atoms with Crippen LogP contribution in [0.1, 0.15) is 19.3 Å². The first kappa shape index (κ1) is 25.8. The lowest BCUT2D eigenvalue weighted by molar-refractivity contribution is -0.139. The minimum Gasteiger partial charge on any atom is -0.516 e. The lowest BCUT2D eigenvalue weighted by Gasteiger charge is -1.91. The average Bonchev–Trinajstić information content (AvgIpc) is 2.44. The Hall–Kier alpha value is -3.14. The molecule has 24 heavy (non-hydrogen) atoms. The second kappa shape index (κ2) is 16.2. The number of carboxylic acids is 4. The molecule has 0 saturated heterocycles. The predicted octanol–water partition coefficient (Wildman–Crippen LogP) is 0.644. The van der Waals surface area contributed by atoms with Gasteiger partial charge >= 0.3 is 23.9 Å². The molecule has 0 bridgehead atoms. The van der Waals surface area contributed by atoms with Crippen molar-refractivity contribution in [1.82, 2.24) is 0 Å². The molecule has 0 unspecified atom stereocenters. The van der Waals surface area contributed by atoms with Crippen LogP contribution in [0.3, 0.4) is 0 Å². The predicted molar refractivity (Wildman–Crippen MR) is 81.5 cm³/mol. The molecule has 0 aliphatic carbocycles. The molecule has 0 rings (SSSR count). The van der Waals surface area contributed by atoms with Gasteiger partial charge in [-0.25, -0.2) is 9.59 Å². The van der Waals surface area contributed by atoms with E-state index in [9.17, 15) is 19.2 Å². The van der Waals surface area contributed by atoms with Crippen molar-refractivity contribution in [3.63, 3.8) is 0 Å². The molecule has 6 N–H and O–H groups in total. The maximum atomic E-state index is 9.87. The van der Waals surface area contributed by atoms with Crippen LogP contribution in [-0.4, -0.2) is 61.1 Å². The van der Waals surface area contributed by atoms with Gasteiger partial charge in [-0.3, -0.25) is 9.59 Å². The minimum absolute atomic E-state index is 0.108. The van der Waals surface area contributed by atoms with Gasteiger partial charge in [-0.1, -0.05) is 13.2 Å². The summed E-state index contributed by atoms with van der Waals surface area (Å²) in [5.74, 6) is -4.89. The van der Waals surface area contributed by atoms with Crippen molar-refractivity contribution in [2.45, 2.75) is 19.3 Å². The van der Waals surface area contributed by atoms with Crippen LogP contribution in [0.25, 0.3) is 0 Å². The monoisotopic (exact) mass is 348 g/mol. The van der Waals surface area contributed by atoms with Crippen molar-refractivity contribution in [1.29, 1.82) is 0 Å². The third-order valence-electron chi connectivity index (χ3n) is 1.74. The van der Waals surface area contributed by atoms with Gasteiger partial charge in [-0.2, -0.15) is 0 Å². The first-order chi connectivity index (χ1) is 11.0. The summed E-state index contributed by atoms with van der Waals surface area (Å²) in [5, 5.41) is 48.1. The zero-order valence-electron chi connectivity index (χ0n) is 12.7. The Labute approximate surface area is 137 Å². The summed E-state index contributed by atoms with van der Waals surface area (Å²) in [6.07, 6.45) is 1.94. The number of aliphatic hydroxyl groups excluding tert-OH is 2. The van der Waals surface area contributed by atoms with Crippen molar-refractivity contribution in [2.75, 3.05) is 6.61 Å². The number of carboxylic acid groups (broad SMARTS) is 4. The standard InChI is InChI=1S/2C5H6O4.C4H8O2/c2*1-3(5(8)9)2-4(6)7;5-3-1-2-4-6/h2*1-2H2,(H,6,7)(H,8,9);1,3,5-6H,2,4H2. The number of rotatable bonds is 8. The summed E-state index contributed by atoms with van der Waals surface area (Å²) >= 11 is 0. The number of hydrogen-bond donors (Lipinski definition) is 6. The van der Waals surface area contributed by atoms with Crippen molar-refractivity contribution < 1.29 is 49.8 Å². The van der Waals surface area contributed by atoms with E-state index in [1.54, 1.807) is 0 Å². The van der Waals surface area contributed by atoms with Crippen LogP contribution in [0, 0.1) is 0 Å². The lowest BCUT2D eigenvalue weighted by Crippen LogP contribution is -2.04. The fraction of sp³-hybridized carbons (Fsp3) is 0.286. The third-order valence-corrected chi connectivity index (χ3v) is 1.74. The number of aliphatic hydroxyl groups is 2. The zero-order valence-corrected chi connectivity index (χ0v) is 12.7. The molecule has 10 nitrogen and oxygen atoms in total. The first-order valence-electron chi connectivity index (χ1n) is 6.15. The van der Waals surface area contributed by atoms with Gasteiger partial charge in [0, 0.05) is 17.8 Å². The molecule has 0 radical (unpaired) electrons. The molecule has 0 fully saturated rings. The molecular weight excluding hydrogens is 328 g/mol. The van der Waals surface area contributed by atoms with E-state index >= 15 is 0 Å². The number of hydrogen-bond acceptors (Lipinski definition) is 6. The van der Waals surface area contributed by atoms with E-state index in [0.29, 0.717) is 6.42 Å². The van der Waals surface area contributed by atoms with Crippen LogP contribution >= 0.6 is 0 Å². The lowest BCUT2D eigenvalue weighted by atomic mass is 10.2. The maximum Gasteiger partial charge on any atom is 0.331 e. The number of carbonyl (C=O) groups is 4. The highest BCUT2D eigenvalue weighted by Gasteiger charge is 2.07. The van der Waals surface area contributed by atoms with Crippen LogP contribution in [0.4, 0.5) is 0 Å². The van der Waals surface area contributed by atoms with Gasteiger partial charge in [0.1, 0.15) is 0 Å². The fourth-order valence-electron chi connectivity index (χ4n) is 0.665. The molecule has 0 heterocycles. The Morgan fingerprint density at radius 3 is 1.21 bits per heavy atom. The Morgan fingerprint density at radius 1 is 0.792 bits per heavy atom. The SMILES string of the molecule is C=C(CC(=O)O)C(=O)O.C=C(CC(=O)O)C(=O)O.OC=CCCO. The van der Waals surface area contributed by atoms with Gasteiger partial charge in [0.15, 0.2) is 0 Å². The molecule has 0 aromatic carbocycles. The van der Waals surface area contributed by atoms with E-state index in [1.165, 1.54) is 6.08 Å². The molecule has 10 heteroatoms. The Morgan fingerprint density at radius 2 is 1.12 bits per heavy atom. The number of aliphatic carboxylic acids is 4. The minimum atomic E-state index is -1.27. The van der Waals surface area contributed by atoms with Crippen molar-refractivity contribution >= 4 is 23.9 Å². The summed E-state index contributed by atoms with van der Waals surface area (Å²) < 4.78 is 0. The van der Waals surface area contributed by atoms with Gasteiger partial charge in [0.05, 0.1) is 19.1 Å². The molecule has 0 aromatic rings. The van der Waals surface area contributed by atoms with E-state index in [4.69, 9.17) is 30.6 Å². The van der Waals surface area contributed by atoms with E-state index in [1.807, 2.05) is 0 Å². The Balaban J connectivity index is -0.000000282. The summed E-state index contributed by atoms with van der Waals surface area (Å²) in [6, 6.07) is 0. The Bertz CT molecular complexity index is 452. The molecule has 0 aromatic heterocycles. The van der Waals surface area contributed by atoms with E-state index in [-0.39, 0.29) is 17.8 Å². The molecule has 0 atom stereocenters. The third kappa shape index (κ3) is 23.9. The van der Waals surface area contributed by atoms with Crippen LogP contribution in [0.2, 0.25) is 0 Å². The van der Waals surface area contributed by atoms with Crippen molar-refractivity contribution in [3.05, 3.63) is 36.6 Å². The highest BCUT2D eigenvalue weighted by atomic mass is 16.4. The van der Waals surface area contributed by atoms with Crippen molar-refractivity contribution in [3.8, 4) is 0 Å². The Kier molecular flexibility index (Phi) is 17.4. The quantitative estimate of drug-likeness (QED) is 0.268. The van der Waals surface area contributed by atoms with Gasteiger partial charge < -0.3 is 30.6 Å². The van der Waals surface area contributed by atoms with E-state index in [0.717, 1.165) is 6.26 Å². The van der Waals surface area contributed by atoms with Crippen molar-refractivity contribution in [2.24, 2.45) is 0 Å². The molecule has 136 valence electrons. The normalized spacial score (nSPS) is 8.88. The fourth-order valence-corrected chi connectivity index (χ4v) is 0.665. The van der Waals surface area contributed by atoms with E-state index in [2.05, 4.69) is 13.2 Å². The van der Waals surface area contributed by atoms with Gasteiger partial charge in [-0.15, -0.1) is 0 Å². The second-order valence-corrected chi connectivity index (χ2v) is 3.86. The second-order valence-electron chi connectivity index (χ2n) is 3.86. The van der Waals surface area contributed by atoms with Crippen LogP contribution < -0.4 is 0 Å². The van der Waals surface area contributed by atoms with Crippen LogP contribution in [0.15, 0.2) is 36.6 Å². The topological polar surface area (TPSA) is 190 Å². The molecule has 0 spiro atoms. The van der Waals surface area contributed by atoms with Gasteiger partial charge in [0.2, 0.25) is 0 Å². The molecule has 0 aliphatic heterocycles. The summed E-state index contributed by atoms with van der Waals surface area (Å²) in [5.41, 5.74) is -0.606. The smallest absolute Gasteiger partial charge is 0.331 e. The van der Waals surface area contributed by atoms with Crippen LogP contribution in [-0.2, 0) is 19.2 Å². The first-order valence-corrected chi connectivity index (χ1v) is 6.15. The molecular formula is C14H20O10. The van der Waals surface area contributed by atoms with E-state index < -0.39 is 36.7 Å². The highest BCUT2D eigenvalue weighted by molar-refractivity contribution is 5.91. The summed E-state index contributed by atoms with van der Waals surface area (Å²) in [6.45, 7) is 6.14. The average molecular weight is 348 g/mol. The largest absolute Gasteiger partial charge is 0.516 e. The summed E-state index contributed by atoms with van der Waals surface area (Å²) in [4.78, 5) is 39.3. The molecule has 0 saturated carbocycles.